The Bertz CT molecular complexity index is 232. The van der Waals surface area contributed by atoms with Crippen LogP contribution in [0.2, 0.25) is 18.1 Å². The summed E-state index contributed by atoms with van der Waals surface area (Å²) in [6, 6.07) is 0. The maximum atomic E-state index is 6.06. The lowest BCUT2D eigenvalue weighted by atomic mass is 10.2. The van der Waals surface area contributed by atoms with Gasteiger partial charge in [-0.25, -0.2) is 0 Å². The fourth-order valence-corrected chi connectivity index (χ4v) is 2.26. The predicted octanol–water partition coefficient (Wildman–Crippen LogP) is 4.57. The van der Waals surface area contributed by atoms with Crippen LogP contribution in [0.5, 0.6) is 0 Å². The Morgan fingerprint density at radius 1 is 1.20 bits per heavy atom. The first-order chi connectivity index (χ1) is 6.81. The van der Waals surface area contributed by atoms with Crippen LogP contribution in [0.15, 0.2) is 0 Å². The molecule has 0 spiro atoms. The van der Waals surface area contributed by atoms with E-state index >= 15 is 0 Å². The molecule has 0 bridgehead atoms. The van der Waals surface area contributed by atoms with Gasteiger partial charge < -0.3 is 4.43 Å². The summed E-state index contributed by atoms with van der Waals surface area (Å²) in [5.41, 5.74) is 0. The van der Waals surface area contributed by atoms with Gasteiger partial charge in [-0.15, -0.1) is 0 Å². The van der Waals surface area contributed by atoms with Gasteiger partial charge in [0, 0.05) is 35.6 Å². The van der Waals surface area contributed by atoms with E-state index in [9.17, 15) is 0 Å². The highest BCUT2D eigenvalue weighted by atomic mass is 127. The molecule has 0 heterocycles. The Balaban J connectivity index is 3.70. The van der Waals surface area contributed by atoms with Gasteiger partial charge in [0.25, 0.3) is 0 Å². The molecule has 0 fully saturated rings. The summed E-state index contributed by atoms with van der Waals surface area (Å²) in [7, 11) is -1.51. The monoisotopic (exact) mass is 338 g/mol. The van der Waals surface area contributed by atoms with Crippen molar-refractivity contribution in [3.05, 3.63) is 0 Å². The van der Waals surface area contributed by atoms with Crippen molar-refractivity contribution >= 4 is 30.9 Å². The normalized spacial score (nSPS) is 12.1. The zero-order chi connectivity index (χ0) is 11.9. The molecule has 88 valence electrons. The van der Waals surface area contributed by atoms with E-state index < -0.39 is 8.32 Å². The number of unbranched alkanes of at least 4 members (excludes halogenated alkanes) is 2. The predicted molar refractivity (Wildman–Crippen MR) is 78.8 cm³/mol. The topological polar surface area (TPSA) is 9.23 Å². The lowest BCUT2D eigenvalue weighted by molar-refractivity contribution is 0.280. The molecule has 0 saturated heterocycles. The second-order valence-corrected chi connectivity index (χ2v) is 10.7. The Morgan fingerprint density at radius 2 is 1.80 bits per heavy atom. The van der Waals surface area contributed by atoms with Gasteiger partial charge in [-0.05, 0) is 34.9 Å². The van der Waals surface area contributed by atoms with E-state index in [1.54, 1.807) is 0 Å². The third-order valence-electron chi connectivity index (χ3n) is 3.03. The summed E-state index contributed by atoms with van der Waals surface area (Å²) in [6.45, 7) is 12.3. The lowest BCUT2D eigenvalue weighted by Crippen LogP contribution is -2.40. The fraction of sp³-hybridized carbons (Fsp3) is 0.833. The van der Waals surface area contributed by atoms with Crippen molar-refractivity contribution in [1.82, 2.24) is 0 Å². The lowest BCUT2D eigenvalue weighted by Gasteiger charge is -2.36. The van der Waals surface area contributed by atoms with Gasteiger partial charge in [0.15, 0.2) is 8.32 Å². The molecule has 0 saturated carbocycles. The van der Waals surface area contributed by atoms with Gasteiger partial charge in [-0.3, -0.25) is 0 Å². The van der Waals surface area contributed by atoms with Crippen LogP contribution in [-0.2, 0) is 4.43 Å². The molecule has 15 heavy (non-hydrogen) atoms. The van der Waals surface area contributed by atoms with Gasteiger partial charge >= 0.3 is 0 Å². The van der Waals surface area contributed by atoms with Crippen LogP contribution < -0.4 is 0 Å². The van der Waals surface area contributed by atoms with E-state index in [-0.39, 0.29) is 0 Å². The summed E-state index contributed by atoms with van der Waals surface area (Å²) in [5, 5.41) is 0.328. The molecule has 3 heteroatoms. The van der Waals surface area contributed by atoms with Crippen molar-refractivity contribution in [2.45, 2.75) is 58.2 Å². The van der Waals surface area contributed by atoms with Crippen molar-refractivity contribution in [1.29, 1.82) is 0 Å². The molecule has 0 atom stereocenters. The van der Waals surface area contributed by atoms with Gasteiger partial charge in [0.2, 0.25) is 0 Å². The van der Waals surface area contributed by atoms with Gasteiger partial charge in [-0.2, -0.15) is 0 Å². The molecule has 0 N–H and O–H groups in total. The Kier molecular flexibility index (Phi) is 7.14. The Morgan fingerprint density at radius 3 is 2.27 bits per heavy atom. The molecule has 0 rings (SSSR count). The largest absolute Gasteiger partial charge is 0.417 e. The van der Waals surface area contributed by atoms with Crippen LogP contribution in [-0.4, -0.2) is 14.9 Å². The molecule has 0 aliphatic carbocycles. The molecule has 0 unspecified atom stereocenters. The summed E-state index contributed by atoms with van der Waals surface area (Å²) in [4.78, 5) is 0. The van der Waals surface area contributed by atoms with Crippen LogP contribution in [0, 0.1) is 9.85 Å². The highest BCUT2D eigenvalue weighted by Crippen LogP contribution is 2.36. The molecule has 0 aromatic carbocycles. The molecule has 0 amide bonds. The summed E-state index contributed by atoms with van der Waals surface area (Å²) < 4.78 is 8.95. The Hall–Kier alpha value is 0.467. The Labute approximate surface area is 110 Å². The highest BCUT2D eigenvalue weighted by Gasteiger charge is 2.36. The minimum Gasteiger partial charge on any atom is -0.417 e. The zero-order valence-corrected chi connectivity index (χ0v) is 13.8. The van der Waals surface area contributed by atoms with Crippen molar-refractivity contribution in [3.63, 3.8) is 0 Å². The number of hydrogen-bond donors (Lipinski definition) is 0. The van der Waals surface area contributed by atoms with E-state index in [0.29, 0.717) is 5.04 Å². The maximum Gasteiger partial charge on any atom is 0.191 e. The van der Waals surface area contributed by atoms with E-state index in [4.69, 9.17) is 4.43 Å². The van der Waals surface area contributed by atoms with E-state index in [0.717, 1.165) is 25.9 Å². The average molecular weight is 338 g/mol. The summed E-state index contributed by atoms with van der Waals surface area (Å²) >= 11 is 2.09. The maximum absolute atomic E-state index is 6.06. The van der Waals surface area contributed by atoms with Crippen molar-refractivity contribution in [2.24, 2.45) is 0 Å². The van der Waals surface area contributed by atoms with E-state index in [1.807, 2.05) is 0 Å². The molecular formula is C12H23IOSi. The van der Waals surface area contributed by atoms with Crippen molar-refractivity contribution in [2.75, 3.05) is 6.61 Å². The second-order valence-electron chi connectivity index (χ2n) is 5.34. The minimum atomic E-state index is -1.51. The second kappa shape index (κ2) is 6.92. The van der Waals surface area contributed by atoms with Gasteiger partial charge in [0.1, 0.15) is 0 Å². The molecule has 0 aromatic rings. The molecule has 0 radical (unpaired) electrons. The first-order valence-corrected chi connectivity index (χ1v) is 9.52. The number of rotatable bonds is 5. The molecule has 0 aliphatic rings. The zero-order valence-electron chi connectivity index (χ0n) is 10.6. The van der Waals surface area contributed by atoms with Crippen molar-refractivity contribution in [3.8, 4) is 9.85 Å². The minimum absolute atomic E-state index is 0.328. The van der Waals surface area contributed by atoms with Crippen LogP contribution in [0.25, 0.3) is 0 Å². The fourth-order valence-electron chi connectivity index (χ4n) is 0.907. The van der Waals surface area contributed by atoms with Crippen LogP contribution in [0.3, 0.4) is 0 Å². The SMILES string of the molecule is CC(C)(C)[Si](C)(C)OCCCCC#CI. The van der Waals surface area contributed by atoms with E-state index in [1.165, 1.54) is 0 Å². The first kappa shape index (κ1) is 15.5. The number of hydrogen-bond acceptors (Lipinski definition) is 1. The van der Waals surface area contributed by atoms with Crippen LogP contribution in [0.4, 0.5) is 0 Å². The van der Waals surface area contributed by atoms with Crippen LogP contribution in [0.1, 0.15) is 40.0 Å². The smallest absolute Gasteiger partial charge is 0.191 e. The summed E-state index contributed by atoms with van der Waals surface area (Å²) in [5.74, 6) is 3.07. The summed E-state index contributed by atoms with van der Waals surface area (Å²) in [6.07, 6.45) is 3.30. The van der Waals surface area contributed by atoms with E-state index in [2.05, 4.69) is 66.3 Å². The molecule has 0 aromatic heterocycles. The third kappa shape index (κ3) is 6.59. The van der Waals surface area contributed by atoms with Gasteiger partial charge in [-0.1, -0.05) is 26.7 Å². The average Bonchev–Trinajstić information content (AvgIpc) is 2.09. The highest BCUT2D eigenvalue weighted by molar-refractivity contribution is 14.1. The molecule has 0 aliphatic heterocycles. The standard InChI is InChI=1S/C12H23IOSi/c1-12(2,3)15(4,5)14-11-9-7-6-8-10-13/h6-7,9,11H2,1-5H3. The first-order valence-electron chi connectivity index (χ1n) is 5.54. The quantitative estimate of drug-likeness (QED) is 0.309. The van der Waals surface area contributed by atoms with Crippen molar-refractivity contribution < 1.29 is 4.43 Å². The molecular weight excluding hydrogens is 315 g/mol. The molecule has 1 nitrogen and oxygen atoms in total. The third-order valence-corrected chi connectivity index (χ3v) is 7.95. The van der Waals surface area contributed by atoms with Crippen LogP contribution >= 0.6 is 22.6 Å². The van der Waals surface area contributed by atoms with Gasteiger partial charge in [0.05, 0.1) is 0 Å². The number of halogens is 1.